The normalized spacial score (nSPS) is 18.2. The van der Waals surface area contributed by atoms with Crippen molar-refractivity contribution in [3.63, 3.8) is 0 Å². The third-order valence-corrected chi connectivity index (χ3v) is 9.32. The second-order valence-electron chi connectivity index (χ2n) is 13.4. The van der Waals surface area contributed by atoms with Crippen LogP contribution < -0.4 is 9.64 Å². The van der Waals surface area contributed by atoms with Crippen molar-refractivity contribution in [2.24, 2.45) is 17.3 Å². The molecule has 4 rings (SSSR count). The van der Waals surface area contributed by atoms with Crippen LogP contribution in [0.25, 0.3) is 0 Å². The first kappa shape index (κ1) is 28.2. The topological polar surface area (TPSA) is 42.4 Å². The zero-order chi connectivity index (χ0) is 26.6. The number of benzene rings is 1. The second-order valence-corrected chi connectivity index (χ2v) is 16.9. The van der Waals surface area contributed by atoms with Crippen molar-refractivity contribution in [1.29, 1.82) is 0 Å². The average molecular weight is 525 g/mol. The predicted molar refractivity (Wildman–Crippen MR) is 158 cm³/mol. The van der Waals surface area contributed by atoms with E-state index in [-0.39, 0.29) is 0 Å². The molecule has 1 aliphatic heterocycles. The molecule has 0 spiro atoms. The largest absolute Gasteiger partial charge is 0.477 e. The van der Waals surface area contributed by atoms with Gasteiger partial charge in [0.05, 0.1) is 13.7 Å². The van der Waals surface area contributed by atoms with Crippen LogP contribution in [0.2, 0.25) is 0 Å². The highest BCUT2D eigenvalue weighted by atomic mass is 31.2. The van der Waals surface area contributed by atoms with Gasteiger partial charge in [-0.2, -0.15) is 0 Å². The molecule has 1 aliphatic carbocycles. The summed E-state index contributed by atoms with van der Waals surface area (Å²) in [6, 6.07) is 11.2. The zero-order valence-electron chi connectivity index (χ0n) is 24.1. The third-order valence-electron chi connectivity index (χ3n) is 8.05. The van der Waals surface area contributed by atoms with Gasteiger partial charge < -0.3 is 14.2 Å². The smallest absolute Gasteiger partial charge is 0.213 e. The highest BCUT2D eigenvalue weighted by Crippen LogP contribution is 2.51. The molecule has 0 radical (unpaired) electrons. The predicted octanol–water partition coefficient (Wildman–Crippen LogP) is 8.17. The minimum Gasteiger partial charge on any atom is -0.477 e. The Labute approximate surface area is 226 Å². The summed E-state index contributed by atoms with van der Waals surface area (Å²) < 4.78 is 18.8. The summed E-state index contributed by atoms with van der Waals surface area (Å²) >= 11 is 0. The van der Waals surface area contributed by atoms with E-state index in [4.69, 9.17) is 4.74 Å². The molecule has 4 nitrogen and oxygen atoms in total. The van der Waals surface area contributed by atoms with E-state index in [0.717, 1.165) is 51.0 Å². The fourth-order valence-electron chi connectivity index (χ4n) is 5.77. The van der Waals surface area contributed by atoms with Crippen LogP contribution in [0, 0.1) is 24.2 Å². The summed E-state index contributed by atoms with van der Waals surface area (Å²) in [5.41, 5.74) is 5.93. The first-order chi connectivity index (χ1) is 17.5. The van der Waals surface area contributed by atoms with Gasteiger partial charge in [-0.05, 0) is 117 Å². The molecule has 1 atom stereocenters. The molecule has 2 fully saturated rings. The van der Waals surface area contributed by atoms with Crippen molar-refractivity contribution in [2.75, 3.05) is 44.1 Å². The first-order valence-corrected chi connectivity index (χ1v) is 17.2. The Kier molecular flexibility index (Phi) is 9.10. The lowest BCUT2D eigenvalue weighted by atomic mass is 9.88. The molecule has 2 heterocycles. The highest BCUT2D eigenvalue weighted by molar-refractivity contribution is 7.62. The first-order valence-electron chi connectivity index (χ1n) is 14.4. The monoisotopic (exact) mass is 524 g/mol. The molecule has 37 heavy (non-hydrogen) atoms. The molecule has 0 bridgehead atoms. The van der Waals surface area contributed by atoms with Crippen LogP contribution in [0.3, 0.4) is 0 Å². The number of aryl methyl sites for hydroxylation is 2. The summed E-state index contributed by atoms with van der Waals surface area (Å²) in [4.78, 5) is 7.11. The van der Waals surface area contributed by atoms with Gasteiger partial charge in [-0.3, -0.25) is 0 Å². The van der Waals surface area contributed by atoms with E-state index in [1.165, 1.54) is 48.1 Å². The van der Waals surface area contributed by atoms with E-state index < -0.39 is 7.14 Å². The van der Waals surface area contributed by atoms with Crippen molar-refractivity contribution < 1.29 is 9.30 Å². The Hall–Kier alpha value is -1.80. The molecule has 5 heteroatoms. The maximum absolute atomic E-state index is 12.6. The van der Waals surface area contributed by atoms with Gasteiger partial charge in [0.2, 0.25) is 5.88 Å². The Morgan fingerprint density at radius 3 is 2.46 bits per heavy atom. The number of rotatable bonds is 11. The molecule has 1 saturated heterocycles. The van der Waals surface area contributed by atoms with Crippen LogP contribution >= 0.6 is 7.14 Å². The fraction of sp³-hybridized carbons (Fsp3) is 0.656. The summed E-state index contributed by atoms with van der Waals surface area (Å²) in [7, 11) is -2.07. The molecule has 2 aliphatic rings. The van der Waals surface area contributed by atoms with Gasteiger partial charge in [-0.25, -0.2) is 4.98 Å². The summed E-state index contributed by atoms with van der Waals surface area (Å²) in [6.07, 6.45) is 11.1. The van der Waals surface area contributed by atoms with Crippen molar-refractivity contribution in [3.8, 4) is 5.88 Å². The molecule has 1 saturated carbocycles. The quantitative estimate of drug-likeness (QED) is 0.278. The van der Waals surface area contributed by atoms with Crippen LogP contribution in [-0.4, -0.2) is 44.2 Å². The van der Waals surface area contributed by atoms with Gasteiger partial charge in [0.1, 0.15) is 0 Å². The van der Waals surface area contributed by atoms with Crippen molar-refractivity contribution in [1.82, 2.24) is 4.98 Å². The van der Waals surface area contributed by atoms with Gasteiger partial charge in [-0.15, -0.1) is 0 Å². The van der Waals surface area contributed by atoms with Gasteiger partial charge in [0.25, 0.3) is 0 Å². The number of nitrogens with zero attached hydrogens (tertiary/aromatic N) is 2. The molecule has 0 amide bonds. The number of hydrogen-bond donors (Lipinski definition) is 0. The molecule has 1 aromatic carbocycles. The minimum absolute atomic E-state index is 0.376. The Bertz CT molecular complexity index is 1070. The van der Waals surface area contributed by atoms with Gasteiger partial charge in [0, 0.05) is 37.2 Å². The molecule has 204 valence electrons. The molecule has 0 N–H and O–H groups in total. The van der Waals surface area contributed by atoms with Crippen LogP contribution in [0.1, 0.15) is 81.9 Å². The van der Waals surface area contributed by atoms with Gasteiger partial charge >= 0.3 is 0 Å². The van der Waals surface area contributed by atoms with E-state index in [1.807, 2.05) is 19.5 Å². The number of aromatic nitrogens is 1. The van der Waals surface area contributed by atoms with E-state index in [0.29, 0.717) is 23.2 Å². The van der Waals surface area contributed by atoms with Crippen molar-refractivity contribution in [3.05, 3.63) is 53.2 Å². The summed E-state index contributed by atoms with van der Waals surface area (Å²) in [5.74, 6) is 2.34. The summed E-state index contributed by atoms with van der Waals surface area (Å²) in [5, 5.41) is 0. The lowest BCUT2D eigenvalue weighted by molar-refractivity contribution is 0.216. The molecular formula is C32H49N2O2P. The number of ether oxygens (including phenoxy) is 1. The van der Waals surface area contributed by atoms with Crippen molar-refractivity contribution >= 4 is 12.8 Å². The van der Waals surface area contributed by atoms with E-state index in [2.05, 4.69) is 67.9 Å². The number of piperidine rings is 1. The van der Waals surface area contributed by atoms with Crippen LogP contribution in [0.5, 0.6) is 5.88 Å². The van der Waals surface area contributed by atoms with Crippen LogP contribution in [0.15, 0.2) is 36.5 Å². The maximum Gasteiger partial charge on any atom is 0.213 e. The second kappa shape index (κ2) is 11.9. The van der Waals surface area contributed by atoms with Gasteiger partial charge in [-0.1, -0.05) is 32.9 Å². The lowest BCUT2D eigenvalue weighted by Crippen LogP contribution is -2.36. The molecule has 0 unspecified atom stereocenters. The van der Waals surface area contributed by atoms with E-state index in [1.54, 1.807) is 0 Å². The third kappa shape index (κ3) is 8.88. The van der Waals surface area contributed by atoms with Crippen LogP contribution in [-0.2, 0) is 11.0 Å². The van der Waals surface area contributed by atoms with E-state index in [9.17, 15) is 4.57 Å². The number of anilines is 1. The Morgan fingerprint density at radius 1 is 1.08 bits per heavy atom. The zero-order valence-corrected chi connectivity index (χ0v) is 25.0. The fourth-order valence-corrected chi connectivity index (χ4v) is 7.22. The number of hydrogen-bond acceptors (Lipinski definition) is 4. The molecule has 2 aromatic rings. The highest BCUT2D eigenvalue weighted by Gasteiger charge is 2.35. The van der Waals surface area contributed by atoms with E-state index >= 15 is 0 Å². The standard InChI is InChI=1S/C32H49N2O2P/c1-24-9-10-27(8-7-16-32(2,3)4)30(20-24)34-18-14-25(15-19-34)22-36-31-21-28(13-17-33-31)29(26-11-12-26)23-37(5,6)35/h9-10,13,17,20-21,25-26,29H,7-8,11-12,14-16,18-19,22-23H2,1-6H3/t29-/m0/s1. The van der Waals surface area contributed by atoms with Gasteiger partial charge in [0.15, 0.2) is 0 Å². The minimum atomic E-state index is -2.07. The molecule has 1 aromatic heterocycles. The average Bonchev–Trinajstić information content (AvgIpc) is 3.67. The maximum atomic E-state index is 12.6. The lowest BCUT2D eigenvalue weighted by Gasteiger charge is -2.35. The SMILES string of the molecule is Cc1ccc(CCCC(C)(C)C)c(N2CCC(COc3cc([C@@H](CP(C)(C)=O)C4CC4)ccn3)CC2)c1. The Morgan fingerprint density at radius 2 is 1.81 bits per heavy atom. The van der Waals surface area contributed by atoms with Crippen molar-refractivity contribution in [2.45, 2.75) is 78.6 Å². The summed E-state index contributed by atoms with van der Waals surface area (Å²) in [6.45, 7) is 15.9. The number of pyridine rings is 1. The van der Waals surface area contributed by atoms with Crippen LogP contribution in [0.4, 0.5) is 5.69 Å². The Balaban J connectivity index is 1.31. The molecular weight excluding hydrogens is 475 g/mol.